The quantitative estimate of drug-likeness (QED) is 0.0361. The summed E-state index contributed by atoms with van der Waals surface area (Å²) in [4.78, 5) is 40.0. The molecule has 434 valence electrons. The lowest BCUT2D eigenvalue weighted by molar-refractivity contribution is -0.146. The minimum Gasteiger partial charge on any atom is -0.465 e. The fourth-order valence-electron chi connectivity index (χ4n) is 9.91. The molecule has 0 fully saturated rings. The van der Waals surface area contributed by atoms with Crippen LogP contribution in [0, 0.1) is 11.8 Å². The number of carbonyl (C=O) groups is 3. The van der Waals surface area contributed by atoms with Crippen LogP contribution in [0.15, 0.2) is 0 Å². The van der Waals surface area contributed by atoms with Crippen LogP contribution in [0.25, 0.3) is 0 Å². The lowest BCUT2D eigenvalue weighted by Crippen LogP contribution is -2.39. The van der Waals surface area contributed by atoms with Crippen molar-refractivity contribution in [2.24, 2.45) is 11.8 Å². The van der Waals surface area contributed by atoms with E-state index in [2.05, 4.69) is 44.8 Å². The van der Waals surface area contributed by atoms with E-state index in [0.717, 1.165) is 38.8 Å². The van der Waals surface area contributed by atoms with E-state index in [1.807, 2.05) is 20.8 Å². The summed E-state index contributed by atoms with van der Waals surface area (Å²) in [6, 6.07) is 0.545. The summed E-state index contributed by atoms with van der Waals surface area (Å²) in [5, 5.41) is 2.75. The van der Waals surface area contributed by atoms with Gasteiger partial charge < -0.3 is 29.0 Å². The van der Waals surface area contributed by atoms with Gasteiger partial charge in [0.05, 0.1) is 39.6 Å². The van der Waals surface area contributed by atoms with Gasteiger partial charge in [0.2, 0.25) is 0 Å². The summed E-state index contributed by atoms with van der Waals surface area (Å²) in [5.74, 6) is 1.04. The van der Waals surface area contributed by atoms with Crippen LogP contribution in [0.2, 0.25) is 0 Å². The van der Waals surface area contributed by atoms with Crippen LogP contribution < -0.4 is 5.32 Å². The van der Waals surface area contributed by atoms with Gasteiger partial charge in [-0.25, -0.2) is 4.79 Å². The van der Waals surface area contributed by atoms with Crippen molar-refractivity contribution >= 4 is 18.0 Å². The molecule has 0 aromatic heterocycles. The number of unbranched alkanes of at least 4 members (excludes halogenated alkanes) is 24. The zero-order valence-electron chi connectivity index (χ0n) is 49.9. The second kappa shape index (κ2) is 53.5. The molecule has 0 aliphatic carbocycles. The molecule has 2 unspecified atom stereocenters. The third kappa shape index (κ3) is 50.7. The van der Waals surface area contributed by atoms with Gasteiger partial charge in [-0.15, -0.1) is 0 Å². The first-order chi connectivity index (χ1) is 35.5. The molecular formula is C63H124N2O8. The summed E-state index contributed by atoms with van der Waals surface area (Å²) in [6.45, 7) is 22.7. The van der Waals surface area contributed by atoms with Crippen LogP contribution in [0.1, 0.15) is 306 Å². The SMILES string of the molecule is CCCCCCCCCN(CCOCCOCCNC(=O)OC(C)(C)C)C(CCCCCCCCC(=O)OCC(CCCC)CCCCCC)CCCCCCCCC(=O)OCC(CCCC)CCCCCC. The average molecular weight is 1040 g/mol. The standard InChI is InChI=1S/C63H124N2O8/c1-9-14-19-22-27-32-39-49-65(50-52-70-54-53-69-51-48-64-62(68)73-63(6,7)8)59(44-35-28-23-25-30-37-46-60(66)71-55-57(40-17-12-4)42-33-20-15-10-2)45-36-29-24-26-31-38-47-61(67)72-56-58(41-18-13-5)43-34-21-16-11-3/h57-59H,9-56H2,1-8H3,(H,64,68). The highest BCUT2D eigenvalue weighted by molar-refractivity contribution is 5.69. The Hall–Kier alpha value is -1.91. The number of alkyl carbamates (subject to hydrolysis) is 1. The fraction of sp³-hybridized carbons (Fsp3) is 0.952. The summed E-state index contributed by atoms with van der Waals surface area (Å²) >= 11 is 0. The Morgan fingerprint density at radius 2 is 0.781 bits per heavy atom. The maximum Gasteiger partial charge on any atom is 0.407 e. The molecule has 10 heteroatoms. The number of carbonyl (C=O) groups excluding carboxylic acids is 3. The Labute approximate surface area is 453 Å². The van der Waals surface area contributed by atoms with Crippen LogP contribution >= 0.6 is 0 Å². The predicted molar refractivity (Wildman–Crippen MR) is 309 cm³/mol. The third-order valence-corrected chi connectivity index (χ3v) is 14.5. The Bertz CT molecular complexity index is 1140. The number of ether oxygens (including phenoxy) is 5. The Balaban J connectivity index is 5.18. The number of hydrogen-bond acceptors (Lipinski definition) is 9. The second-order valence-electron chi connectivity index (χ2n) is 22.9. The maximum atomic E-state index is 12.7. The summed E-state index contributed by atoms with van der Waals surface area (Å²) in [6.07, 6.45) is 45.8. The first-order valence-corrected chi connectivity index (χ1v) is 31.7. The topological polar surface area (TPSA) is 113 Å². The highest BCUT2D eigenvalue weighted by atomic mass is 16.6. The van der Waals surface area contributed by atoms with Crippen LogP contribution in [0.4, 0.5) is 4.79 Å². The van der Waals surface area contributed by atoms with Gasteiger partial charge in [-0.2, -0.15) is 0 Å². The summed E-state index contributed by atoms with van der Waals surface area (Å²) in [7, 11) is 0. The highest BCUT2D eigenvalue weighted by Gasteiger charge is 2.19. The first kappa shape index (κ1) is 71.1. The molecule has 0 aromatic carbocycles. The first-order valence-electron chi connectivity index (χ1n) is 31.7. The largest absolute Gasteiger partial charge is 0.465 e. The molecule has 1 amide bonds. The van der Waals surface area contributed by atoms with Crippen molar-refractivity contribution in [2.45, 2.75) is 317 Å². The molecule has 0 heterocycles. The molecule has 0 aliphatic heterocycles. The minimum absolute atomic E-state index is 0.00221. The van der Waals surface area contributed by atoms with Gasteiger partial charge >= 0.3 is 18.0 Å². The smallest absolute Gasteiger partial charge is 0.407 e. The van der Waals surface area contributed by atoms with Gasteiger partial charge in [0.15, 0.2) is 0 Å². The van der Waals surface area contributed by atoms with Gasteiger partial charge in [0.25, 0.3) is 0 Å². The zero-order valence-corrected chi connectivity index (χ0v) is 49.9. The van der Waals surface area contributed by atoms with Crippen LogP contribution in [-0.4, -0.2) is 93.9 Å². The molecule has 0 radical (unpaired) electrons. The molecule has 1 N–H and O–H groups in total. The molecule has 0 saturated heterocycles. The number of nitrogens with one attached hydrogen (secondary N) is 1. The molecule has 0 saturated carbocycles. The number of esters is 2. The molecular weight excluding hydrogens is 913 g/mol. The fourth-order valence-corrected chi connectivity index (χ4v) is 9.91. The Kier molecular flexibility index (Phi) is 52.1. The lowest BCUT2D eigenvalue weighted by Gasteiger charge is -2.32. The number of hydrogen-bond donors (Lipinski definition) is 1. The van der Waals surface area contributed by atoms with Crippen LogP contribution in [-0.2, 0) is 33.3 Å². The lowest BCUT2D eigenvalue weighted by atomic mass is 9.96. The normalized spacial score (nSPS) is 13.1. The summed E-state index contributed by atoms with van der Waals surface area (Å²) < 4.78 is 28.8. The van der Waals surface area contributed by atoms with Gasteiger partial charge in [0.1, 0.15) is 5.60 Å². The van der Waals surface area contributed by atoms with E-state index in [4.69, 9.17) is 23.7 Å². The number of nitrogens with zero attached hydrogens (tertiary/aromatic N) is 1. The molecule has 0 spiro atoms. The molecule has 0 aromatic rings. The van der Waals surface area contributed by atoms with E-state index >= 15 is 0 Å². The average Bonchev–Trinajstić information content (AvgIpc) is 3.36. The Morgan fingerprint density at radius 1 is 0.411 bits per heavy atom. The van der Waals surface area contributed by atoms with Crippen molar-refractivity contribution < 1.29 is 38.1 Å². The van der Waals surface area contributed by atoms with Crippen molar-refractivity contribution in [1.29, 1.82) is 0 Å². The number of rotatable bonds is 56. The van der Waals surface area contributed by atoms with Crippen molar-refractivity contribution in [3.05, 3.63) is 0 Å². The van der Waals surface area contributed by atoms with E-state index in [1.54, 1.807) is 0 Å². The highest BCUT2D eigenvalue weighted by Crippen LogP contribution is 2.23. The zero-order chi connectivity index (χ0) is 53.7. The molecule has 0 aliphatic rings. The minimum atomic E-state index is -0.519. The molecule has 73 heavy (non-hydrogen) atoms. The second-order valence-corrected chi connectivity index (χ2v) is 22.9. The summed E-state index contributed by atoms with van der Waals surface area (Å²) in [5.41, 5.74) is -0.519. The van der Waals surface area contributed by atoms with Crippen LogP contribution in [0.5, 0.6) is 0 Å². The molecule has 2 atom stereocenters. The molecule has 0 bridgehead atoms. The monoisotopic (exact) mass is 1040 g/mol. The van der Waals surface area contributed by atoms with E-state index in [1.165, 1.54) is 212 Å². The molecule has 0 rings (SSSR count). The van der Waals surface area contributed by atoms with Crippen molar-refractivity contribution in [3.8, 4) is 0 Å². The van der Waals surface area contributed by atoms with E-state index in [0.29, 0.717) is 76.9 Å². The van der Waals surface area contributed by atoms with E-state index in [9.17, 15) is 14.4 Å². The van der Waals surface area contributed by atoms with Crippen molar-refractivity contribution in [1.82, 2.24) is 10.2 Å². The molecule has 10 nitrogen and oxygen atoms in total. The van der Waals surface area contributed by atoms with Crippen molar-refractivity contribution in [3.63, 3.8) is 0 Å². The van der Waals surface area contributed by atoms with Gasteiger partial charge in [-0.05, 0) is 96.9 Å². The van der Waals surface area contributed by atoms with Gasteiger partial charge in [-0.1, -0.05) is 214 Å². The number of amides is 1. The van der Waals surface area contributed by atoms with Crippen molar-refractivity contribution in [2.75, 3.05) is 59.3 Å². The van der Waals surface area contributed by atoms with Gasteiger partial charge in [-0.3, -0.25) is 14.5 Å². The van der Waals surface area contributed by atoms with E-state index < -0.39 is 11.7 Å². The Morgan fingerprint density at radius 3 is 1.23 bits per heavy atom. The predicted octanol–water partition coefficient (Wildman–Crippen LogP) is 17.8. The van der Waals surface area contributed by atoms with Gasteiger partial charge in [0, 0.05) is 32.0 Å². The third-order valence-electron chi connectivity index (χ3n) is 14.5. The van der Waals surface area contributed by atoms with E-state index in [-0.39, 0.29) is 11.9 Å². The van der Waals surface area contributed by atoms with Crippen LogP contribution in [0.3, 0.4) is 0 Å². The maximum absolute atomic E-state index is 12.7.